The van der Waals surface area contributed by atoms with Crippen molar-refractivity contribution in [3.8, 4) is 11.6 Å². The van der Waals surface area contributed by atoms with Crippen molar-refractivity contribution in [1.29, 1.82) is 0 Å². The topological polar surface area (TPSA) is 126 Å². The molecule has 0 aliphatic carbocycles. The smallest absolute Gasteiger partial charge is 0.239 e. The van der Waals surface area contributed by atoms with Gasteiger partial charge in [0.25, 0.3) is 0 Å². The second-order valence-corrected chi connectivity index (χ2v) is 7.87. The number of rotatable bonds is 7. The number of hydrogen-bond donors (Lipinski definition) is 4. The number of aromatic nitrogens is 2. The van der Waals surface area contributed by atoms with Crippen molar-refractivity contribution in [1.82, 2.24) is 9.78 Å². The molecule has 31 heavy (non-hydrogen) atoms. The number of hydrogen-bond acceptors (Lipinski definition) is 8. The Hall–Kier alpha value is -2.24. The highest BCUT2D eigenvalue weighted by molar-refractivity contribution is 5.39. The average Bonchev–Trinajstić information content (AvgIpc) is 3.04. The molecule has 0 saturated carbocycles. The number of halogens is 1. The molecule has 10 heteroatoms. The van der Waals surface area contributed by atoms with Gasteiger partial charge < -0.3 is 34.6 Å². The minimum atomic E-state index is -1.57. The van der Waals surface area contributed by atoms with E-state index in [0.29, 0.717) is 11.1 Å². The lowest BCUT2D eigenvalue weighted by Crippen LogP contribution is -2.60. The first-order chi connectivity index (χ1) is 14.7. The van der Waals surface area contributed by atoms with E-state index < -0.39 is 43.1 Å². The molecule has 1 aromatic heterocycles. The Balaban J connectivity index is 1.93. The van der Waals surface area contributed by atoms with E-state index in [1.54, 1.807) is 10.7 Å². The van der Waals surface area contributed by atoms with E-state index in [0.717, 1.165) is 5.69 Å². The Labute approximate surface area is 179 Å². The highest BCUT2D eigenvalue weighted by atomic mass is 19.1. The molecule has 1 aromatic carbocycles. The van der Waals surface area contributed by atoms with Crippen LogP contribution in [0.25, 0.3) is 0 Å². The average molecular weight is 440 g/mol. The fourth-order valence-corrected chi connectivity index (χ4v) is 3.63. The largest absolute Gasteiger partial charge is 0.494 e. The van der Waals surface area contributed by atoms with Crippen molar-refractivity contribution in [2.24, 2.45) is 0 Å². The van der Waals surface area contributed by atoms with Gasteiger partial charge in [0.05, 0.1) is 13.7 Å². The van der Waals surface area contributed by atoms with Crippen LogP contribution in [0.2, 0.25) is 0 Å². The summed E-state index contributed by atoms with van der Waals surface area (Å²) >= 11 is 0. The van der Waals surface area contributed by atoms with Crippen LogP contribution < -0.4 is 9.47 Å². The van der Waals surface area contributed by atoms with E-state index >= 15 is 0 Å². The van der Waals surface area contributed by atoms with Gasteiger partial charge in [-0.15, -0.1) is 5.10 Å². The molecule has 3 rings (SSSR count). The molecule has 0 amide bonds. The summed E-state index contributed by atoms with van der Waals surface area (Å²) < 4.78 is 32.1. The summed E-state index contributed by atoms with van der Waals surface area (Å²) in [4.78, 5) is 0. The summed E-state index contributed by atoms with van der Waals surface area (Å²) in [6, 6.07) is 4.62. The quantitative estimate of drug-likeness (QED) is 0.496. The zero-order valence-corrected chi connectivity index (χ0v) is 17.9. The molecule has 1 saturated heterocycles. The number of ether oxygens (including phenoxy) is 3. The second-order valence-electron chi connectivity index (χ2n) is 7.87. The summed E-state index contributed by atoms with van der Waals surface area (Å²) in [5.74, 6) is -0.215. The molecule has 2 aromatic rings. The summed E-state index contributed by atoms with van der Waals surface area (Å²) in [5, 5.41) is 44.1. The third-order valence-electron chi connectivity index (χ3n) is 5.40. The molecule has 0 radical (unpaired) electrons. The van der Waals surface area contributed by atoms with Crippen LogP contribution in [-0.2, 0) is 11.2 Å². The fourth-order valence-electron chi connectivity index (χ4n) is 3.63. The molecular weight excluding hydrogens is 411 g/mol. The van der Waals surface area contributed by atoms with Crippen LogP contribution in [0.5, 0.6) is 11.6 Å². The second kappa shape index (κ2) is 9.49. The molecule has 172 valence electrons. The highest BCUT2D eigenvalue weighted by Crippen LogP contribution is 2.31. The number of aliphatic hydroxyl groups is 4. The molecule has 4 N–H and O–H groups in total. The molecule has 1 fully saturated rings. The lowest BCUT2D eigenvalue weighted by molar-refractivity contribution is -0.278. The van der Waals surface area contributed by atoms with Crippen molar-refractivity contribution in [2.75, 3.05) is 13.7 Å². The Morgan fingerprint density at radius 3 is 2.48 bits per heavy atom. The van der Waals surface area contributed by atoms with Gasteiger partial charge in [-0.1, -0.05) is 6.07 Å². The van der Waals surface area contributed by atoms with Crippen LogP contribution in [0.4, 0.5) is 4.39 Å². The van der Waals surface area contributed by atoms with Crippen LogP contribution in [0.1, 0.15) is 36.7 Å². The first-order valence-electron chi connectivity index (χ1n) is 10.1. The third kappa shape index (κ3) is 4.68. The van der Waals surface area contributed by atoms with E-state index in [9.17, 15) is 24.8 Å². The molecule has 9 nitrogen and oxygen atoms in total. The first-order valence-corrected chi connectivity index (χ1v) is 10.1. The van der Waals surface area contributed by atoms with Crippen LogP contribution in [0.3, 0.4) is 0 Å². The van der Waals surface area contributed by atoms with Gasteiger partial charge in [0.2, 0.25) is 12.2 Å². The fraction of sp³-hybridized carbons (Fsp3) is 0.571. The molecule has 0 bridgehead atoms. The van der Waals surface area contributed by atoms with Crippen LogP contribution in [0, 0.1) is 12.7 Å². The Morgan fingerprint density at radius 2 is 1.90 bits per heavy atom. The maximum atomic E-state index is 14.2. The third-order valence-corrected chi connectivity index (χ3v) is 5.40. The van der Waals surface area contributed by atoms with E-state index in [-0.39, 0.29) is 24.1 Å². The summed E-state index contributed by atoms with van der Waals surface area (Å²) in [7, 11) is 1.39. The summed E-state index contributed by atoms with van der Waals surface area (Å²) in [5.41, 5.74) is 2.09. The van der Waals surface area contributed by atoms with Gasteiger partial charge in [-0.3, -0.25) is 4.68 Å². The predicted octanol–water partition coefficient (Wildman–Crippen LogP) is 0.690. The normalized spacial score (nSPS) is 26.3. The number of aliphatic hydroxyl groups excluding tert-OH is 4. The SMILES string of the molecule is COc1ccc(Cc2c(O[C@H]3O[C@H](CO)[C@@H](O)[C@H](O)[C@H]3O)nn(C(C)C)c2C)cc1F. The predicted molar refractivity (Wildman–Crippen MR) is 108 cm³/mol. The van der Waals surface area contributed by atoms with Gasteiger partial charge in [-0.25, -0.2) is 4.39 Å². The summed E-state index contributed by atoms with van der Waals surface area (Å²) in [6.45, 7) is 5.16. The van der Waals surface area contributed by atoms with Crippen LogP contribution in [-0.4, -0.2) is 74.6 Å². The first kappa shape index (κ1) is 23.4. The zero-order chi connectivity index (χ0) is 22.9. The van der Waals surface area contributed by atoms with Gasteiger partial charge in [0, 0.05) is 23.7 Å². The van der Waals surface area contributed by atoms with Gasteiger partial charge in [-0.2, -0.15) is 0 Å². The zero-order valence-electron chi connectivity index (χ0n) is 17.9. The minimum absolute atomic E-state index is 0.00139. The Kier molecular flexibility index (Phi) is 7.17. The monoisotopic (exact) mass is 440 g/mol. The molecule has 5 atom stereocenters. The highest BCUT2D eigenvalue weighted by Gasteiger charge is 2.45. The van der Waals surface area contributed by atoms with Crippen LogP contribution in [0.15, 0.2) is 18.2 Å². The minimum Gasteiger partial charge on any atom is -0.494 e. The molecule has 1 aliphatic rings. The van der Waals surface area contributed by atoms with Gasteiger partial charge >= 0.3 is 0 Å². The lowest BCUT2D eigenvalue weighted by Gasteiger charge is -2.39. The Morgan fingerprint density at radius 1 is 1.19 bits per heavy atom. The van der Waals surface area contributed by atoms with E-state index in [1.807, 2.05) is 20.8 Å². The van der Waals surface area contributed by atoms with Crippen molar-refractivity contribution in [3.05, 3.63) is 40.8 Å². The number of methoxy groups -OCH3 is 1. The maximum Gasteiger partial charge on any atom is 0.239 e. The van der Waals surface area contributed by atoms with E-state index in [2.05, 4.69) is 5.10 Å². The van der Waals surface area contributed by atoms with Gasteiger partial charge in [0.1, 0.15) is 24.4 Å². The standard InChI is InChI=1S/C21H29FN2O7/c1-10(2)24-11(3)13(7-12-5-6-15(29-4)14(22)8-12)20(23-24)31-21-19(28)18(27)17(26)16(9-25)30-21/h5-6,8,10,16-19,21,25-28H,7,9H2,1-4H3/t16-,17-,18+,19-,21-/m1/s1. The molecule has 2 heterocycles. The lowest BCUT2D eigenvalue weighted by atomic mass is 9.99. The maximum absolute atomic E-state index is 14.2. The van der Waals surface area contributed by atoms with Crippen molar-refractivity contribution in [2.45, 2.75) is 63.9 Å². The molecule has 0 spiro atoms. The summed E-state index contributed by atoms with van der Waals surface area (Å²) in [6.07, 6.45) is -6.80. The molecule has 0 unspecified atom stereocenters. The number of nitrogens with zero attached hydrogens (tertiary/aromatic N) is 2. The van der Waals surface area contributed by atoms with E-state index in [4.69, 9.17) is 14.2 Å². The van der Waals surface area contributed by atoms with Gasteiger partial charge in [-0.05, 0) is 38.5 Å². The molecular formula is C21H29FN2O7. The van der Waals surface area contributed by atoms with Crippen LogP contribution >= 0.6 is 0 Å². The number of benzene rings is 1. The van der Waals surface area contributed by atoms with Gasteiger partial charge in [0.15, 0.2) is 11.6 Å². The Bertz CT molecular complexity index is 902. The molecule has 1 aliphatic heterocycles. The van der Waals surface area contributed by atoms with Crippen molar-refractivity contribution >= 4 is 0 Å². The van der Waals surface area contributed by atoms with Crippen molar-refractivity contribution < 1.29 is 39.0 Å². The van der Waals surface area contributed by atoms with E-state index in [1.165, 1.54) is 19.2 Å². The van der Waals surface area contributed by atoms with Crippen molar-refractivity contribution in [3.63, 3.8) is 0 Å².